The van der Waals surface area contributed by atoms with Crippen LogP contribution >= 0.6 is 22.9 Å². The van der Waals surface area contributed by atoms with Crippen LogP contribution in [0.1, 0.15) is 20.8 Å². The van der Waals surface area contributed by atoms with E-state index < -0.39 is 0 Å². The van der Waals surface area contributed by atoms with E-state index in [2.05, 4.69) is 11.4 Å². The van der Waals surface area contributed by atoms with Crippen molar-refractivity contribution in [2.75, 3.05) is 19.7 Å². The minimum Gasteiger partial charge on any atom is -0.488 e. The average molecular weight is 381 g/mol. The molecule has 0 aliphatic carbocycles. The summed E-state index contributed by atoms with van der Waals surface area (Å²) in [5.41, 5.74) is 7.56. The quantitative estimate of drug-likeness (QED) is 0.858. The lowest BCUT2D eigenvalue weighted by Gasteiger charge is -2.27. The van der Waals surface area contributed by atoms with Crippen LogP contribution in [0.5, 0.6) is 5.75 Å². The number of ether oxygens (including phenoxy) is 1. The van der Waals surface area contributed by atoms with Crippen molar-refractivity contribution in [2.45, 2.75) is 13.0 Å². The van der Waals surface area contributed by atoms with Gasteiger partial charge < -0.3 is 15.4 Å². The van der Waals surface area contributed by atoms with Crippen molar-refractivity contribution in [1.82, 2.24) is 4.90 Å². The third-order valence-corrected chi connectivity index (χ3v) is 5.36. The number of halogens is 2. The van der Waals surface area contributed by atoms with Crippen molar-refractivity contribution >= 4 is 28.8 Å². The Balaban J connectivity index is 1.69. The molecule has 3 rings (SSSR count). The second kappa shape index (κ2) is 7.99. The first kappa shape index (κ1) is 17.9. The number of benzene rings is 1. The van der Waals surface area contributed by atoms with Crippen LogP contribution in [0.2, 0.25) is 5.02 Å². The number of hydrogen-bond acceptors (Lipinski definition) is 4. The molecule has 4 nitrogen and oxygen atoms in total. The predicted octanol–water partition coefficient (Wildman–Crippen LogP) is 3.79. The largest absolute Gasteiger partial charge is 0.488 e. The van der Waals surface area contributed by atoms with Crippen LogP contribution in [0, 0.1) is 0 Å². The van der Waals surface area contributed by atoms with Crippen molar-refractivity contribution in [3.8, 4) is 5.75 Å². The number of carbonyl (C=O) groups is 1. The number of amides is 1. The summed E-state index contributed by atoms with van der Waals surface area (Å²) < 4.78 is 18.0. The normalized spacial score (nSPS) is 14.4. The number of hydrogen-bond donors (Lipinski definition) is 1. The smallest absolute Gasteiger partial charge is 0.254 e. The maximum atomic E-state index is 12.7. The Bertz CT molecular complexity index is 806. The lowest BCUT2D eigenvalue weighted by atomic mass is 10.1. The lowest BCUT2D eigenvalue weighted by Crippen LogP contribution is -2.35. The highest BCUT2D eigenvalue weighted by Gasteiger charge is 2.23. The SMILES string of the molecule is NC/C(=C/F)COc1ccc(C(=O)N2CCc3ccsc3C2)cc1Cl. The number of rotatable bonds is 5. The zero-order valence-corrected chi connectivity index (χ0v) is 15.1. The number of fused-ring (bicyclic) bond motifs is 1. The third kappa shape index (κ3) is 4.03. The van der Waals surface area contributed by atoms with Crippen molar-refractivity contribution in [1.29, 1.82) is 0 Å². The molecule has 1 aromatic heterocycles. The van der Waals surface area contributed by atoms with Crippen molar-refractivity contribution < 1.29 is 13.9 Å². The second-order valence-corrected chi connectivity index (χ2v) is 7.16. The van der Waals surface area contributed by atoms with Crippen LogP contribution in [0.4, 0.5) is 4.39 Å². The lowest BCUT2D eigenvalue weighted by molar-refractivity contribution is 0.0737. The van der Waals surface area contributed by atoms with Crippen LogP contribution in [0.15, 0.2) is 41.5 Å². The van der Waals surface area contributed by atoms with Gasteiger partial charge in [-0.15, -0.1) is 11.3 Å². The third-order valence-electron chi connectivity index (χ3n) is 4.12. The van der Waals surface area contributed by atoms with Gasteiger partial charge in [0, 0.05) is 29.1 Å². The Labute approximate surface area is 154 Å². The van der Waals surface area contributed by atoms with E-state index in [-0.39, 0.29) is 19.1 Å². The fourth-order valence-corrected chi connectivity index (χ4v) is 3.83. The van der Waals surface area contributed by atoms with Gasteiger partial charge in [-0.3, -0.25) is 4.79 Å². The maximum Gasteiger partial charge on any atom is 0.254 e. The van der Waals surface area contributed by atoms with E-state index in [0.29, 0.717) is 41.3 Å². The first-order valence-corrected chi connectivity index (χ1v) is 9.13. The summed E-state index contributed by atoms with van der Waals surface area (Å²) in [6.07, 6.45) is 1.30. The Morgan fingerprint density at radius 2 is 2.28 bits per heavy atom. The summed E-state index contributed by atoms with van der Waals surface area (Å²) in [5, 5.41) is 2.37. The first-order chi connectivity index (χ1) is 12.1. The highest BCUT2D eigenvalue weighted by Crippen LogP contribution is 2.29. The summed E-state index contributed by atoms with van der Waals surface area (Å²) in [7, 11) is 0. The number of carbonyl (C=O) groups excluding carboxylic acids is 1. The first-order valence-electron chi connectivity index (χ1n) is 7.87. The van der Waals surface area contributed by atoms with Crippen LogP contribution in [0.3, 0.4) is 0 Å². The van der Waals surface area contributed by atoms with E-state index in [1.807, 2.05) is 4.90 Å². The van der Waals surface area contributed by atoms with E-state index in [0.717, 1.165) is 6.42 Å². The predicted molar refractivity (Wildman–Crippen MR) is 98.0 cm³/mol. The molecule has 0 unspecified atom stereocenters. The van der Waals surface area contributed by atoms with E-state index in [1.54, 1.807) is 29.5 Å². The highest BCUT2D eigenvalue weighted by molar-refractivity contribution is 7.10. The van der Waals surface area contributed by atoms with Crippen molar-refractivity contribution in [3.05, 3.63) is 62.6 Å². The van der Waals surface area contributed by atoms with Gasteiger partial charge in [0.1, 0.15) is 12.4 Å². The van der Waals surface area contributed by atoms with Crippen LogP contribution < -0.4 is 10.5 Å². The molecule has 2 aromatic rings. The van der Waals surface area contributed by atoms with Gasteiger partial charge in [0.05, 0.1) is 17.9 Å². The molecule has 0 fully saturated rings. The molecule has 0 atom stereocenters. The van der Waals surface area contributed by atoms with Crippen molar-refractivity contribution in [3.63, 3.8) is 0 Å². The zero-order chi connectivity index (χ0) is 17.8. The van der Waals surface area contributed by atoms with Crippen LogP contribution in [-0.4, -0.2) is 30.5 Å². The van der Waals surface area contributed by atoms with E-state index in [4.69, 9.17) is 22.1 Å². The standard InChI is InChI=1S/C18H18ClFN2O2S/c19-15-7-14(1-2-16(15)24-11-12(8-20)9-21)18(23)22-5-3-13-4-6-25-17(13)10-22/h1-2,4,6-8H,3,5,9-11,21H2/b12-8-. The van der Waals surface area contributed by atoms with Gasteiger partial charge in [-0.1, -0.05) is 11.6 Å². The molecule has 0 saturated carbocycles. The molecule has 2 N–H and O–H groups in total. The molecule has 0 radical (unpaired) electrons. The van der Waals surface area contributed by atoms with E-state index >= 15 is 0 Å². The Kier molecular flexibility index (Phi) is 5.73. The maximum absolute atomic E-state index is 12.7. The van der Waals surface area contributed by atoms with Gasteiger partial charge >= 0.3 is 0 Å². The highest BCUT2D eigenvalue weighted by atomic mass is 35.5. The second-order valence-electron chi connectivity index (χ2n) is 5.75. The summed E-state index contributed by atoms with van der Waals surface area (Å²) in [4.78, 5) is 15.8. The van der Waals surface area contributed by atoms with Gasteiger partial charge in [-0.2, -0.15) is 0 Å². The molecule has 0 spiro atoms. The molecule has 1 aromatic carbocycles. The molecule has 7 heteroatoms. The minimum absolute atomic E-state index is 0.0211. The van der Waals surface area contributed by atoms with Crippen molar-refractivity contribution in [2.24, 2.45) is 5.73 Å². The van der Waals surface area contributed by atoms with Crippen LogP contribution in [0.25, 0.3) is 0 Å². The van der Waals surface area contributed by atoms with E-state index in [1.165, 1.54) is 10.4 Å². The molecule has 25 heavy (non-hydrogen) atoms. The monoisotopic (exact) mass is 380 g/mol. The fourth-order valence-electron chi connectivity index (χ4n) is 2.65. The van der Waals surface area contributed by atoms with Gasteiger partial charge in [0.2, 0.25) is 0 Å². The number of thiophene rings is 1. The van der Waals surface area contributed by atoms with Gasteiger partial charge in [-0.25, -0.2) is 4.39 Å². The Morgan fingerprint density at radius 3 is 3.00 bits per heavy atom. The molecule has 2 heterocycles. The average Bonchev–Trinajstić information content (AvgIpc) is 3.10. The van der Waals surface area contributed by atoms with Crippen LogP contribution in [-0.2, 0) is 13.0 Å². The number of nitrogens with zero attached hydrogens (tertiary/aromatic N) is 1. The van der Waals surface area contributed by atoms with Gasteiger partial charge in [0.25, 0.3) is 5.91 Å². The minimum atomic E-state index is -0.0567. The molecule has 1 aliphatic heterocycles. The molecule has 0 saturated heterocycles. The molecule has 0 bridgehead atoms. The molecular formula is C18H18ClFN2O2S. The summed E-state index contributed by atoms with van der Waals surface area (Å²) in [5.74, 6) is 0.337. The summed E-state index contributed by atoms with van der Waals surface area (Å²) in [6.45, 7) is 1.42. The molecule has 132 valence electrons. The fraction of sp³-hybridized carbons (Fsp3) is 0.278. The van der Waals surface area contributed by atoms with E-state index in [9.17, 15) is 9.18 Å². The zero-order valence-electron chi connectivity index (χ0n) is 13.5. The summed E-state index contributed by atoms with van der Waals surface area (Å²) in [6, 6.07) is 7.01. The molecular weight excluding hydrogens is 363 g/mol. The van der Waals surface area contributed by atoms with Gasteiger partial charge in [0.15, 0.2) is 0 Å². The number of nitrogens with two attached hydrogens (primary N) is 1. The summed E-state index contributed by atoms with van der Waals surface area (Å²) >= 11 is 7.88. The Hall–Kier alpha value is -1.89. The van der Waals surface area contributed by atoms with Gasteiger partial charge in [-0.05, 0) is 41.6 Å². The topological polar surface area (TPSA) is 55.6 Å². The molecule has 1 aliphatic rings. The molecule has 1 amide bonds. The Morgan fingerprint density at radius 1 is 1.44 bits per heavy atom.